The van der Waals surface area contributed by atoms with Crippen molar-refractivity contribution < 1.29 is 74.7 Å². The van der Waals surface area contributed by atoms with E-state index in [1.54, 1.807) is 0 Å². The van der Waals surface area contributed by atoms with Crippen LogP contribution in [0.5, 0.6) is 28.7 Å². The number of phenols is 3. The number of aromatic hydroxyl groups is 3. The number of aliphatic hydroxyl groups excluding tert-OH is 7. The molecule has 2 fully saturated rings. The molecule has 2 aromatic rings. The number of rotatable bonds is 6. The average Bonchev–Trinajstić information content (AvgIpc) is 2.96. The maximum Gasteiger partial charge on any atom is 0.229 e. The molecule has 2 saturated heterocycles. The molecule has 15 nitrogen and oxygen atoms in total. The van der Waals surface area contributed by atoms with Gasteiger partial charge in [-0.25, -0.2) is 0 Å². The van der Waals surface area contributed by atoms with Gasteiger partial charge in [0, 0.05) is 17.7 Å². The highest BCUT2D eigenvalue weighted by molar-refractivity contribution is 5.70. The Hall–Kier alpha value is -3.38. The Balaban J connectivity index is 1.49. The van der Waals surface area contributed by atoms with Crippen molar-refractivity contribution >= 4 is 6.08 Å². The first-order valence-corrected chi connectivity index (χ1v) is 13.0. The Kier molecular flexibility index (Phi) is 8.39. The number of fused-ring (bicyclic) bond motifs is 1. The lowest BCUT2D eigenvalue weighted by molar-refractivity contribution is -0.293. The average molecular weight is 597 g/mol. The highest BCUT2D eigenvalue weighted by Gasteiger charge is 2.46. The molecule has 0 bridgehead atoms. The van der Waals surface area contributed by atoms with Gasteiger partial charge in [0.2, 0.25) is 12.6 Å². The van der Waals surface area contributed by atoms with Gasteiger partial charge in [0.15, 0.2) is 17.6 Å². The van der Waals surface area contributed by atoms with E-state index in [-0.39, 0.29) is 28.4 Å². The maximum absolute atomic E-state index is 10.8. The van der Waals surface area contributed by atoms with Crippen molar-refractivity contribution in [3.8, 4) is 28.7 Å². The summed E-state index contributed by atoms with van der Waals surface area (Å²) in [7, 11) is 0. The lowest BCUT2D eigenvalue weighted by atomic mass is 9.98. The van der Waals surface area contributed by atoms with E-state index in [0.29, 0.717) is 0 Å². The molecule has 1 unspecified atom stereocenters. The minimum absolute atomic E-state index is 0.0163. The van der Waals surface area contributed by atoms with E-state index in [9.17, 15) is 51.1 Å². The van der Waals surface area contributed by atoms with E-state index in [1.165, 1.54) is 37.3 Å². The summed E-state index contributed by atoms with van der Waals surface area (Å²) < 4.78 is 28.5. The molecule has 0 aromatic heterocycles. The first kappa shape index (κ1) is 30.1. The van der Waals surface area contributed by atoms with Crippen LogP contribution in [0.25, 0.3) is 6.08 Å². The molecule has 2 aromatic carbocycles. The number of ether oxygens (including phenoxy) is 5. The number of phenolic OH excluding ortho intramolecular Hbond substituents is 3. The number of hydrogen-bond donors (Lipinski definition) is 10. The van der Waals surface area contributed by atoms with Crippen LogP contribution in [-0.4, -0.2) is 119 Å². The summed E-state index contributed by atoms with van der Waals surface area (Å²) >= 11 is 0. The lowest BCUT2D eigenvalue weighted by Crippen LogP contribution is -2.59. The number of benzene rings is 2. The monoisotopic (exact) mass is 596 g/mol. The second kappa shape index (κ2) is 11.7. The normalized spacial score (nSPS) is 36.4. The number of hydrogen-bond acceptors (Lipinski definition) is 15. The van der Waals surface area contributed by atoms with E-state index >= 15 is 0 Å². The molecular weight excluding hydrogens is 564 g/mol. The topological polar surface area (TPSA) is 248 Å². The van der Waals surface area contributed by atoms with Crippen molar-refractivity contribution in [2.24, 2.45) is 0 Å². The van der Waals surface area contributed by atoms with Gasteiger partial charge < -0.3 is 74.7 Å². The van der Waals surface area contributed by atoms with Crippen LogP contribution in [0.15, 0.2) is 36.1 Å². The van der Waals surface area contributed by atoms with Crippen LogP contribution in [0.2, 0.25) is 0 Å². The molecule has 0 saturated carbocycles. The zero-order valence-electron chi connectivity index (χ0n) is 22.0. The van der Waals surface area contributed by atoms with Gasteiger partial charge in [-0.15, -0.1) is 0 Å². The highest BCUT2D eigenvalue weighted by atomic mass is 16.7. The molecular formula is C27H32O15. The molecule has 0 radical (unpaired) electrons. The fourth-order valence-corrected chi connectivity index (χ4v) is 4.88. The summed E-state index contributed by atoms with van der Waals surface area (Å²) in [6.07, 6.45) is -14.7. The molecule has 10 N–H and O–H groups in total. The third-order valence-electron chi connectivity index (χ3n) is 7.35. The molecule has 0 aliphatic carbocycles. The first-order valence-electron chi connectivity index (χ1n) is 13.0. The summed E-state index contributed by atoms with van der Waals surface area (Å²) in [5, 5.41) is 101. The summed E-state index contributed by atoms with van der Waals surface area (Å²) in [6, 6.07) is 6.26. The summed E-state index contributed by atoms with van der Waals surface area (Å²) in [5.74, 6) is -1.45. The molecule has 0 amide bonds. The smallest absolute Gasteiger partial charge is 0.229 e. The van der Waals surface area contributed by atoms with E-state index < -0.39 is 91.4 Å². The van der Waals surface area contributed by atoms with Crippen molar-refractivity contribution in [2.45, 2.75) is 74.4 Å². The van der Waals surface area contributed by atoms with Crippen LogP contribution in [0.4, 0.5) is 0 Å². The quantitative estimate of drug-likeness (QED) is 0.167. The standard InChI is InChI=1S/C27H32O15/c1-9-19(32)21(34)23(36)26(38-9)39-11-5-14(30)12-7-17(41-27-24(37)22(35)20(33)18(8-28)42-27)25(40-16(12)6-11)10-2-3-13(29)15(31)4-10/h2-7,9,18-37H,8H2,1H3/t9-,18+,19-,20+,21-,22+,23+,24+,25?,26-,27+/m0/s1. The van der Waals surface area contributed by atoms with Crippen LogP contribution < -0.4 is 9.47 Å². The van der Waals surface area contributed by atoms with Crippen LogP contribution in [0.3, 0.4) is 0 Å². The van der Waals surface area contributed by atoms with Gasteiger partial charge in [-0.2, -0.15) is 0 Å². The summed E-state index contributed by atoms with van der Waals surface area (Å²) in [5.41, 5.74) is 0.296. The Morgan fingerprint density at radius 3 is 2.05 bits per heavy atom. The highest BCUT2D eigenvalue weighted by Crippen LogP contribution is 2.46. The zero-order chi connectivity index (χ0) is 30.5. The molecule has 3 heterocycles. The fourth-order valence-electron chi connectivity index (χ4n) is 4.88. The SMILES string of the molecule is C[C@@H]1O[C@@H](Oc2cc(O)c3c(c2)OC(c2ccc(O)c(O)c2)C(O[C@@H]2O[C@H](CO)[C@@H](O)[C@@H](O)[C@H]2O)=C3)[C@H](O)[C@@H](O)[C@H]1O. The van der Waals surface area contributed by atoms with Crippen LogP contribution in [0.1, 0.15) is 24.2 Å². The van der Waals surface area contributed by atoms with E-state index in [0.717, 1.165) is 6.07 Å². The predicted octanol–water partition coefficient (Wildman–Crippen LogP) is -1.70. The van der Waals surface area contributed by atoms with Crippen molar-refractivity contribution in [2.75, 3.05) is 6.61 Å². The first-order chi connectivity index (χ1) is 19.9. The maximum atomic E-state index is 10.8. The lowest BCUT2D eigenvalue weighted by Gasteiger charge is -2.41. The molecule has 15 heteroatoms. The molecule has 3 aliphatic heterocycles. The summed E-state index contributed by atoms with van der Waals surface area (Å²) in [6.45, 7) is 0.777. The predicted molar refractivity (Wildman–Crippen MR) is 137 cm³/mol. The third kappa shape index (κ3) is 5.54. The second-order valence-electron chi connectivity index (χ2n) is 10.3. The molecule has 11 atom stereocenters. The zero-order valence-corrected chi connectivity index (χ0v) is 22.0. The molecule has 0 spiro atoms. The van der Waals surface area contributed by atoms with Gasteiger partial charge in [-0.3, -0.25) is 0 Å². The molecule has 3 aliphatic rings. The Morgan fingerprint density at radius 2 is 1.38 bits per heavy atom. The fraction of sp³-hybridized carbons (Fsp3) is 0.481. The Morgan fingerprint density at radius 1 is 0.714 bits per heavy atom. The minimum Gasteiger partial charge on any atom is -0.507 e. The van der Waals surface area contributed by atoms with Crippen molar-refractivity contribution in [3.05, 3.63) is 47.2 Å². The molecule has 230 valence electrons. The van der Waals surface area contributed by atoms with E-state index in [1.807, 2.05) is 0 Å². The largest absolute Gasteiger partial charge is 0.507 e. The van der Waals surface area contributed by atoms with Crippen molar-refractivity contribution in [1.82, 2.24) is 0 Å². The van der Waals surface area contributed by atoms with Gasteiger partial charge in [0.1, 0.15) is 65.7 Å². The molecule has 5 rings (SSSR count). The van der Waals surface area contributed by atoms with Crippen LogP contribution >= 0.6 is 0 Å². The van der Waals surface area contributed by atoms with Crippen LogP contribution in [-0.2, 0) is 14.2 Å². The summed E-state index contributed by atoms with van der Waals surface area (Å²) in [4.78, 5) is 0. The Labute approximate surface area is 238 Å². The van der Waals surface area contributed by atoms with Gasteiger partial charge in [-0.05, 0) is 25.1 Å². The number of aliphatic hydroxyl groups is 7. The van der Waals surface area contributed by atoms with Crippen LogP contribution in [0, 0.1) is 0 Å². The van der Waals surface area contributed by atoms with E-state index in [2.05, 4.69) is 0 Å². The van der Waals surface area contributed by atoms with Crippen molar-refractivity contribution in [1.29, 1.82) is 0 Å². The van der Waals surface area contributed by atoms with Gasteiger partial charge in [-0.1, -0.05) is 6.07 Å². The second-order valence-corrected chi connectivity index (χ2v) is 10.3. The minimum atomic E-state index is -1.76. The molecule has 42 heavy (non-hydrogen) atoms. The van der Waals surface area contributed by atoms with Crippen molar-refractivity contribution in [3.63, 3.8) is 0 Å². The van der Waals surface area contributed by atoms with E-state index in [4.69, 9.17) is 23.7 Å². The third-order valence-corrected chi connectivity index (χ3v) is 7.35. The Bertz CT molecular complexity index is 1310. The van der Waals surface area contributed by atoms with Gasteiger partial charge in [0.05, 0.1) is 18.3 Å². The van der Waals surface area contributed by atoms with Gasteiger partial charge >= 0.3 is 0 Å². The van der Waals surface area contributed by atoms with Gasteiger partial charge in [0.25, 0.3) is 0 Å².